The number of hydrogen-bond donors (Lipinski definition) is 0. The number of sulfonamides is 1. The Morgan fingerprint density at radius 2 is 1.95 bits per heavy atom. The van der Waals surface area contributed by atoms with Crippen LogP contribution in [0.1, 0.15) is 19.3 Å². The molecule has 0 saturated carbocycles. The number of piperidine rings is 1. The fraction of sp³-hybridized carbons (Fsp3) is 0.462. The minimum absolute atomic E-state index is 0.0751. The van der Waals surface area contributed by atoms with Gasteiger partial charge in [0.2, 0.25) is 10.0 Å². The van der Waals surface area contributed by atoms with E-state index in [1.165, 1.54) is 19.2 Å². The Hall–Kier alpha value is -2.00. The summed E-state index contributed by atoms with van der Waals surface area (Å²) in [5.74, 6) is -0.592. The summed E-state index contributed by atoms with van der Waals surface area (Å²) in [5.41, 5.74) is -0.192. The molecule has 8 nitrogen and oxygen atoms in total. The molecule has 1 unspecified atom stereocenters. The van der Waals surface area contributed by atoms with Crippen molar-refractivity contribution in [2.45, 2.75) is 30.2 Å². The van der Waals surface area contributed by atoms with Crippen molar-refractivity contribution in [3.05, 3.63) is 34.4 Å². The minimum atomic E-state index is -3.90. The van der Waals surface area contributed by atoms with Crippen LogP contribution in [-0.4, -0.2) is 43.3 Å². The Kier molecular flexibility index (Phi) is 4.77. The molecular formula is C13H16N2O6S. The first kappa shape index (κ1) is 16.4. The Morgan fingerprint density at radius 1 is 1.32 bits per heavy atom. The zero-order valence-corrected chi connectivity index (χ0v) is 12.8. The van der Waals surface area contributed by atoms with Gasteiger partial charge in [-0.1, -0.05) is 0 Å². The third-order valence-corrected chi connectivity index (χ3v) is 5.50. The first-order valence-corrected chi connectivity index (χ1v) is 8.16. The molecule has 1 atom stereocenters. The van der Waals surface area contributed by atoms with E-state index in [4.69, 9.17) is 0 Å². The van der Waals surface area contributed by atoms with E-state index in [-0.39, 0.29) is 17.1 Å². The fourth-order valence-corrected chi connectivity index (χ4v) is 4.09. The predicted molar refractivity (Wildman–Crippen MR) is 76.6 cm³/mol. The molecule has 22 heavy (non-hydrogen) atoms. The molecule has 0 spiro atoms. The first-order chi connectivity index (χ1) is 10.4. The number of ether oxygens (including phenoxy) is 1. The standard InChI is InChI=1S/C13H16N2O6S/c1-21-13(16)12-4-2-3-9-14(12)22(19,20)11-7-5-10(6-8-11)15(17)18/h5-8,12H,2-4,9H2,1H3. The minimum Gasteiger partial charge on any atom is -0.468 e. The van der Waals surface area contributed by atoms with Crippen LogP contribution in [0.15, 0.2) is 29.2 Å². The number of nitrogens with zero attached hydrogens (tertiary/aromatic N) is 2. The summed E-state index contributed by atoms with van der Waals surface area (Å²) >= 11 is 0. The van der Waals surface area contributed by atoms with Gasteiger partial charge in [-0.05, 0) is 31.4 Å². The third-order valence-electron chi connectivity index (χ3n) is 3.58. The number of esters is 1. The van der Waals surface area contributed by atoms with Gasteiger partial charge in [-0.15, -0.1) is 0 Å². The van der Waals surface area contributed by atoms with Crippen LogP contribution in [0, 0.1) is 10.1 Å². The number of rotatable bonds is 4. The van der Waals surface area contributed by atoms with E-state index in [0.29, 0.717) is 12.8 Å². The molecule has 2 rings (SSSR count). The lowest BCUT2D eigenvalue weighted by atomic mass is 10.1. The van der Waals surface area contributed by atoms with Crippen LogP contribution in [0.3, 0.4) is 0 Å². The van der Waals surface area contributed by atoms with Gasteiger partial charge in [0.15, 0.2) is 0 Å². The van der Waals surface area contributed by atoms with Gasteiger partial charge in [-0.3, -0.25) is 14.9 Å². The van der Waals surface area contributed by atoms with E-state index < -0.39 is 27.0 Å². The molecule has 120 valence electrons. The van der Waals surface area contributed by atoms with Gasteiger partial charge < -0.3 is 4.74 Å². The lowest BCUT2D eigenvalue weighted by Crippen LogP contribution is -2.48. The number of nitro groups is 1. The Labute approximate surface area is 127 Å². The molecule has 0 radical (unpaired) electrons. The van der Waals surface area contributed by atoms with Crippen LogP contribution in [0.5, 0.6) is 0 Å². The quantitative estimate of drug-likeness (QED) is 0.468. The Bertz CT molecular complexity index is 670. The van der Waals surface area contributed by atoms with Crippen molar-refractivity contribution in [1.29, 1.82) is 0 Å². The summed E-state index contributed by atoms with van der Waals surface area (Å²) in [6.07, 6.45) is 1.80. The fourth-order valence-electron chi connectivity index (χ4n) is 2.44. The van der Waals surface area contributed by atoms with Crippen LogP contribution in [0.2, 0.25) is 0 Å². The van der Waals surface area contributed by atoms with Crippen LogP contribution in [-0.2, 0) is 19.6 Å². The van der Waals surface area contributed by atoms with Crippen LogP contribution in [0.25, 0.3) is 0 Å². The number of methoxy groups -OCH3 is 1. The van der Waals surface area contributed by atoms with Gasteiger partial charge in [0.25, 0.3) is 5.69 Å². The number of benzene rings is 1. The molecule has 1 aromatic rings. The van der Waals surface area contributed by atoms with Gasteiger partial charge in [0.05, 0.1) is 16.9 Å². The number of carbonyl (C=O) groups is 1. The largest absolute Gasteiger partial charge is 0.468 e. The number of carbonyl (C=O) groups excluding carboxylic acids is 1. The van der Waals surface area contributed by atoms with Crippen LogP contribution < -0.4 is 0 Å². The second-order valence-electron chi connectivity index (χ2n) is 4.90. The second-order valence-corrected chi connectivity index (χ2v) is 6.79. The van der Waals surface area contributed by atoms with Crippen molar-refractivity contribution in [3.8, 4) is 0 Å². The van der Waals surface area contributed by atoms with Gasteiger partial charge in [-0.25, -0.2) is 8.42 Å². The molecule has 0 aromatic heterocycles. The van der Waals surface area contributed by atoms with E-state index in [1.54, 1.807) is 0 Å². The molecule has 0 bridgehead atoms. The summed E-state index contributed by atoms with van der Waals surface area (Å²) in [6, 6.07) is 3.76. The lowest BCUT2D eigenvalue weighted by molar-refractivity contribution is -0.384. The normalized spacial score (nSPS) is 19.6. The summed E-state index contributed by atoms with van der Waals surface area (Å²) in [4.78, 5) is 21.7. The zero-order valence-electron chi connectivity index (χ0n) is 12.0. The Morgan fingerprint density at radius 3 is 2.50 bits per heavy atom. The van der Waals surface area contributed by atoms with E-state index >= 15 is 0 Å². The van der Waals surface area contributed by atoms with Crippen molar-refractivity contribution in [2.24, 2.45) is 0 Å². The maximum Gasteiger partial charge on any atom is 0.324 e. The van der Waals surface area contributed by atoms with Gasteiger partial charge >= 0.3 is 5.97 Å². The highest BCUT2D eigenvalue weighted by atomic mass is 32.2. The maximum atomic E-state index is 12.6. The molecule has 1 heterocycles. The average molecular weight is 328 g/mol. The highest BCUT2D eigenvalue weighted by Crippen LogP contribution is 2.27. The van der Waals surface area contributed by atoms with Gasteiger partial charge in [0, 0.05) is 18.7 Å². The third kappa shape index (κ3) is 3.09. The summed E-state index contributed by atoms with van der Waals surface area (Å²) in [5, 5.41) is 10.6. The molecule has 1 aliphatic heterocycles. The zero-order chi connectivity index (χ0) is 16.3. The van der Waals surface area contributed by atoms with E-state index in [2.05, 4.69) is 4.74 Å². The van der Waals surface area contributed by atoms with E-state index in [1.807, 2.05) is 0 Å². The summed E-state index contributed by atoms with van der Waals surface area (Å²) in [6.45, 7) is 0.221. The molecule has 0 amide bonds. The van der Waals surface area contributed by atoms with Crippen molar-refractivity contribution in [1.82, 2.24) is 4.31 Å². The molecular weight excluding hydrogens is 312 g/mol. The molecule has 1 saturated heterocycles. The van der Waals surface area contributed by atoms with Crippen LogP contribution >= 0.6 is 0 Å². The van der Waals surface area contributed by atoms with E-state index in [9.17, 15) is 23.3 Å². The predicted octanol–water partition coefficient (Wildman–Crippen LogP) is 1.31. The van der Waals surface area contributed by atoms with Gasteiger partial charge in [0.1, 0.15) is 6.04 Å². The molecule has 1 fully saturated rings. The maximum absolute atomic E-state index is 12.6. The second kappa shape index (κ2) is 6.41. The number of hydrogen-bond acceptors (Lipinski definition) is 6. The molecule has 9 heteroatoms. The summed E-state index contributed by atoms with van der Waals surface area (Å²) < 4.78 is 31.1. The average Bonchev–Trinajstić information content (AvgIpc) is 2.54. The molecule has 0 aliphatic carbocycles. The highest BCUT2D eigenvalue weighted by molar-refractivity contribution is 7.89. The monoisotopic (exact) mass is 328 g/mol. The topological polar surface area (TPSA) is 107 Å². The van der Waals surface area contributed by atoms with Crippen molar-refractivity contribution in [2.75, 3.05) is 13.7 Å². The first-order valence-electron chi connectivity index (χ1n) is 6.72. The number of nitro benzene ring substituents is 1. The van der Waals surface area contributed by atoms with Crippen molar-refractivity contribution >= 4 is 21.7 Å². The SMILES string of the molecule is COC(=O)C1CCCCN1S(=O)(=O)c1ccc([N+](=O)[O-])cc1. The molecule has 1 aromatic carbocycles. The van der Waals surface area contributed by atoms with Crippen molar-refractivity contribution in [3.63, 3.8) is 0 Å². The van der Waals surface area contributed by atoms with Gasteiger partial charge in [-0.2, -0.15) is 4.31 Å². The molecule has 0 N–H and O–H groups in total. The summed E-state index contributed by atoms with van der Waals surface area (Å²) in [7, 11) is -2.68. The van der Waals surface area contributed by atoms with Crippen molar-refractivity contribution < 1.29 is 22.9 Å². The Balaban J connectivity index is 2.34. The molecule has 1 aliphatic rings. The van der Waals surface area contributed by atoms with E-state index in [0.717, 1.165) is 22.9 Å². The lowest BCUT2D eigenvalue weighted by Gasteiger charge is -2.32. The van der Waals surface area contributed by atoms with Crippen LogP contribution in [0.4, 0.5) is 5.69 Å². The smallest absolute Gasteiger partial charge is 0.324 e. The highest BCUT2D eigenvalue weighted by Gasteiger charge is 2.38. The number of non-ortho nitro benzene ring substituents is 1.